The van der Waals surface area contributed by atoms with Gasteiger partial charge in [0, 0.05) is 10.9 Å². The Morgan fingerprint density at radius 3 is 3.12 bits per heavy atom. The Morgan fingerprint density at radius 2 is 2.25 bits per heavy atom. The number of H-pyrrole nitrogens is 1. The lowest BCUT2D eigenvalue weighted by Crippen LogP contribution is -2.10. The molecule has 0 unspecified atom stereocenters. The molecule has 5 nitrogen and oxygen atoms in total. The van der Waals surface area contributed by atoms with Crippen LogP contribution >= 0.6 is 0 Å². The van der Waals surface area contributed by atoms with Gasteiger partial charge in [0.05, 0.1) is 5.52 Å². The van der Waals surface area contributed by atoms with Crippen molar-refractivity contribution in [2.45, 2.75) is 6.42 Å². The van der Waals surface area contributed by atoms with E-state index in [1.807, 2.05) is 17.6 Å². The number of para-hydroxylation sites is 1. The first-order chi connectivity index (χ1) is 7.92. The summed E-state index contributed by atoms with van der Waals surface area (Å²) in [5.74, 6) is 0. The molecule has 16 heavy (non-hydrogen) atoms. The molecular formula is C11H13N5. The normalized spacial score (nSPS) is 11.6. The van der Waals surface area contributed by atoms with Crippen LogP contribution in [0.5, 0.6) is 0 Å². The molecule has 0 saturated heterocycles. The van der Waals surface area contributed by atoms with Gasteiger partial charge in [-0.1, -0.05) is 23.4 Å². The zero-order valence-electron chi connectivity index (χ0n) is 9.07. The van der Waals surface area contributed by atoms with E-state index >= 15 is 0 Å². The van der Waals surface area contributed by atoms with Crippen LogP contribution < -0.4 is 5.32 Å². The van der Waals surface area contributed by atoms with E-state index in [-0.39, 0.29) is 0 Å². The van der Waals surface area contributed by atoms with E-state index in [1.165, 1.54) is 10.9 Å². The second-order valence-corrected chi connectivity index (χ2v) is 3.81. The predicted octanol–water partition coefficient (Wildman–Crippen LogP) is 0.972. The molecule has 0 aliphatic heterocycles. The molecule has 5 heteroatoms. The Morgan fingerprint density at radius 1 is 1.38 bits per heavy atom. The van der Waals surface area contributed by atoms with Crippen molar-refractivity contribution in [2.75, 3.05) is 13.6 Å². The maximum absolute atomic E-state index is 4.14. The topological polar surface area (TPSA) is 58.0 Å². The molecule has 0 fully saturated rings. The number of aromatic amines is 1. The first-order valence-electron chi connectivity index (χ1n) is 5.35. The van der Waals surface area contributed by atoms with E-state index in [0.717, 1.165) is 24.1 Å². The summed E-state index contributed by atoms with van der Waals surface area (Å²) in [4.78, 5) is 0. The fraction of sp³-hybridized carbons (Fsp3) is 0.273. The molecule has 1 aromatic carbocycles. The van der Waals surface area contributed by atoms with Crippen molar-refractivity contribution in [3.05, 3.63) is 29.8 Å². The van der Waals surface area contributed by atoms with Crippen LogP contribution in [-0.4, -0.2) is 33.6 Å². The summed E-state index contributed by atoms with van der Waals surface area (Å²) in [6.07, 6.45) is 0.958. The van der Waals surface area contributed by atoms with Crippen molar-refractivity contribution in [2.24, 2.45) is 0 Å². The van der Waals surface area contributed by atoms with Crippen LogP contribution in [0.25, 0.3) is 16.6 Å². The fourth-order valence-electron chi connectivity index (χ4n) is 2.11. The molecule has 0 bridgehead atoms. The minimum atomic E-state index is 0.927. The van der Waals surface area contributed by atoms with Gasteiger partial charge in [0.1, 0.15) is 0 Å². The van der Waals surface area contributed by atoms with Crippen LogP contribution in [0.15, 0.2) is 24.3 Å². The largest absolute Gasteiger partial charge is 0.319 e. The van der Waals surface area contributed by atoms with Crippen molar-refractivity contribution in [1.29, 1.82) is 0 Å². The van der Waals surface area contributed by atoms with E-state index in [9.17, 15) is 0 Å². The highest BCUT2D eigenvalue weighted by molar-refractivity contribution is 5.90. The van der Waals surface area contributed by atoms with E-state index in [2.05, 4.69) is 39.0 Å². The number of hydrogen-bond acceptors (Lipinski definition) is 3. The van der Waals surface area contributed by atoms with E-state index in [4.69, 9.17) is 0 Å². The number of hydrogen-bond donors (Lipinski definition) is 2. The highest BCUT2D eigenvalue weighted by Gasteiger charge is 2.12. The lowest BCUT2D eigenvalue weighted by molar-refractivity contribution is 0.796. The minimum absolute atomic E-state index is 0.927. The Kier molecular flexibility index (Phi) is 2.11. The minimum Gasteiger partial charge on any atom is -0.319 e. The molecule has 2 aromatic heterocycles. The Hall–Kier alpha value is -1.88. The average Bonchev–Trinajstić information content (AvgIpc) is 2.87. The van der Waals surface area contributed by atoms with Crippen molar-refractivity contribution in [3.63, 3.8) is 0 Å². The highest BCUT2D eigenvalue weighted by atomic mass is 15.5. The standard InChI is InChI=1S/C11H13N5/c1-12-7-6-9-8-4-2-3-5-10(8)16-11(9)13-14-15-16/h2-5,12H,6-7H2,1H3,(H,13,15). The lowest BCUT2D eigenvalue weighted by Gasteiger charge is -1.97. The predicted molar refractivity (Wildman–Crippen MR) is 62.5 cm³/mol. The summed E-state index contributed by atoms with van der Waals surface area (Å²) in [5, 5.41) is 15.3. The van der Waals surface area contributed by atoms with Crippen LogP contribution in [0.3, 0.4) is 0 Å². The molecule has 0 aliphatic rings. The molecule has 0 amide bonds. The molecule has 0 atom stereocenters. The van der Waals surface area contributed by atoms with E-state index < -0.39 is 0 Å². The third kappa shape index (κ3) is 1.22. The average molecular weight is 215 g/mol. The van der Waals surface area contributed by atoms with Gasteiger partial charge in [0.2, 0.25) is 0 Å². The number of nitrogens with zero attached hydrogens (tertiary/aromatic N) is 3. The second-order valence-electron chi connectivity index (χ2n) is 3.81. The summed E-state index contributed by atoms with van der Waals surface area (Å²) in [5.41, 5.74) is 3.31. The zero-order valence-corrected chi connectivity index (χ0v) is 9.07. The Labute approximate surface area is 92.4 Å². The number of fused-ring (bicyclic) bond motifs is 3. The number of aromatic nitrogens is 4. The smallest absolute Gasteiger partial charge is 0.181 e. The molecule has 82 valence electrons. The van der Waals surface area contributed by atoms with Crippen molar-refractivity contribution < 1.29 is 0 Å². The SMILES string of the molecule is CNCCc1c2ccccc2n2[nH]nnc12. The van der Waals surface area contributed by atoms with Gasteiger partial charge in [-0.15, -0.1) is 5.10 Å². The summed E-state index contributed by atoms with van der Waals surface area (Å²) in [6.45, 7) is 0.941. The number of tetrazole rings is 1. The van der Waals surface area contributed by atoms with Crippen LogP contribution in [0.2, 0.25) is 0 Å². The molecule has 2 heterocycles. The molecule has 2 N–H and O–H groups in total. The molecule has 3 aromatic rings. The third-order valence-corrected chi connectivity index (χ3v) is 2.87. The van der Waals surface area contributed by atoms with Gasteiger partial charge in [-0.05, 0) is 26.1 Å². The molecule has 0 radical (unpaired) electrons. The maximum Gasteiger partial charge on any atom is 0.181 e. The molecule has 0 aliphatic carbocycles. The maximum atomic E-state index is 4.14. The van der Waals surface area contributed by atoms with Crippen LogP contribution in [0.1, 0.15) is 5.56 Å². The monoisotopic (exact) mass is 215 g/mol. The molecule has 3 rings (SSSR count). The number of benzene rings is 1. The van der Waals surface area contributed by atoms with E-state index in [1.54, 1.807) is 0 Å². The van der Waals surface area contributed by atoms with Gasteiger partial charge in [-0.3, -0.25) is 0 Å². The first kappa shape index (κ1) is 9.35. The summed E-state index contributed by atoms with van der Waals surface area (Å²) < 4.78 is 1.93. The number of nitrogens with one attached hydrogen (secondary N) is 2. The second kappa shape index (κ2) is 3.61. The van der Waals surface area contributed by atoms with Crippen molar-refractivity contribution in [1.82, 2.24) is 25.4 Å². The fourth-order valence-corrected chi connectivity index (χ4v) is 2.11. The van der Waals surface area contributed by atoms with Gasteiger partial charge in [-0.2, -0.15) is 5.21 Å². The summed E-state index contributed by atoms with van der Waals surface area (Å²) in [7, 11) is 1.96. The molecular weight excluding hydrogens is 202 g/mol. The molecule has 0 saturated carbocycles. The zero-order chi connectivity index (χ0) is 11.0. The van der Waals surface area contributed by atoms with Gasteiger partial charge >= 0.3 is 0 Å². The Bertz CT molecular complexity index is 621. The third-order valence-electron chi connectivity index (χ3n) is 2.87. The molecule has 0 spiro atoms. The summed E-state index contributed by atoms with van der Waals surface area (Å²) >= 11 is 0. The van der Waals surface area contributed by atoms with Crippen molar-refractivity contribution in [3.8, 4) is 0 Å². The van der Waals surface area contributed by atoms with Gasteiger partial charge in [0.25, 0.3) is 0 Å². The quantitative estimate of drug-likeness (QED) is 0.684. The summed E-state index contributed by atoms with van der Waals surface area (Å²) in [6, 6.07) is 8.28. The van der Waals surface area contributed by atoms with Crippen molar-refractivity contribution >= 4 is 16.6 Å². The number of likely N-dealkylation sites (N-methyl/N-ethyl adjacent to an activating group) is 1. The highest BCUT2D eigenvalue weighted by Crippen LogP contribution is 2.24. The van der Waals surface area contributed by atoms with Gasteiger partial charge in [0.15, 0.2) is 5.65 Å². The van der Waals surface area contributed by atoms with Gasteiger partial charge < -0.3 is 5.32 Å². The van der Waals surface area contributed by atoms with Crippen LogP contribution in [0.4, 0.5) is 0 Å². The van der Waals surface area contributed by atoms with Crippen LogP contribution in [-0.2, 0) is 6.42 Å². The number of rotatable bonds is 3. The lowest BCUT2D eigenvalue weighted by atomic mass is 10.1. The van der Waals surface area contributed by atoms with E-state index in [0.29, 0.717) is 0 Å². The Balaban J connectivity index is 2.30. The first-order valence-corrected chi connectivity index (χ1v) is 5.35. The van der Waals surface area contributed by atoms with Crippen LogP contribution in [0, 0.1) is 0 Å². The van der Waals surface area contributed by atoms with Gasteiger partial charge in [-0.25, -0.2) is 4.52 Å².